The molecule has 1 aliphatic rings. The smallest absolute Gasteiger partial charge is 0.338 e. The third kappa shape index (κ3) is 6.83. The molecule has 5 rings (SSSR count). The second-order valence-corrected chi connectivity index (χ2v) is 12.1. The zero-order valence-electron chi connectivity index (χ0n) is 26.5. The number of para-hydroxylation sites is 1. The largest absolute Gasteiger partial charge is 0.493 e. The standard InChI is InChI=1S/C35H35ClN2O7S/c1-7-43-34(40)30-21(4)37-35-38(31(30)23-14-15-26(45-20(2)3)28(17-23)42-6)33(39)29(46-35)18-24-11-9-13-27(41-5)32(24)44-19-22-10-8-12-25(36)16-22/h8-18,20,31H,7,19H2,1-6H3/b29-18+/t31-/m0/s1. The Bertz CT molecular complexity index is 1980. The number of nitrogens with zero attached hydrogens (tertiary/aromatic N) is 2. The summed E-state index contributed by atoms with van der Waals surface area (Å²) in [4.78, 5) is 32.7. The number of carbonyl (C=O) groups excluding carboxylic acids is 1. The van der Waals surface area contributed by atoms with Crippen molar-refractivity contribution in [3.05, 3.63) is 113 Å². The van der Waals surface area contributed by atoms with E-state index in [1.807, 2.05) is 50.2 Å². The minimum atomic E-state index is -0.816. The zero-order valence-corrected chi connectivity index (χ0v) is 28.0. The number of thiazole rings is 1. The molecule has 1 atom stereocenters. The topological polar surface area (TPSA) is 97.6 Å². The van der Waals surface area contributed by atoms with E-state index < -0.39 is 12.0 Å². The van der Waals surface area contributed by atoms with Crippen LogP contribution in [0.3, 0.4) is 0 Å². The molecule has 0 fully saturated rings. The van der Waals surface area contributed by atoms with Crippen molar-refractivity contribution in [1.82, 2.24) is 4.57 Å². The maximum Gasteiger partial charge on any atom is 0.338 e. The van der Waals surface area contributed by atoms with E-state index in [1.165, 1.54) is 15.9 Å². The average molecular weight is 663 g/mol. The van der Waals surface area contributed by atoms with Gasteiger partial charge in [0.05, 0.1) is 48.8 Å². The minimum Gasteiger partial charge on any atom is -0.493 e. The molecule has 0 saturated carbocycles. The summed E-state index contributed by atoms with van der Waals surface area (Å²) >= 11 is 7.39. The number of rotatable bonds is 11. The summed E-state index contributed by atoms with van der Waals surface area (Å²) < 4.78 is 30.7. The van der Waals surface area contributed by atoms with Crippen LogP contribution in [0.25, 0.3) is 6.08 Å². The van der Waals surface area contributed by atoms with Gasteiger partial charge in [0, 0.05) is 10.6 Å². The molecule has 1 aliphatic heterocycles. The Kier molecular flexibility index (Phi) is 10.2. The first kappa shape index (κ1) is 32.8. The number of ether oxygens (including phenoxy) is 5. The first-order valence-electron chi connectivity index (χ1n) is 14.7. The van der Waals surface area contributed by atoms with Gasteiger partial charge >= 0.3 is 5.97 Å². The molecule has 0 unspecified atom stereocenters. The number of hydrogen-bond donors (Lipinski definition) is 0. The van der Waals surface area contributed by atoms with E-state index in [0.29, 0.717) is 54.2 Å². The van der Waals surface area contributed by atoms with Gasteiger partial charge in [-0.3, -0.25) is 9.36 Å². The second kappa shape index (κ2) is 14.3. The summed E-state index contributed by atoms with van der Waals surface area (Å²) in [7, 11) is 3.11. The number of halogens is 1. The Hall–Kier alpha value is -4.54. The van der Waals surface area contributed by atoms with Crippen LogP contribution in [0.2, 0.25) is 5.02 Å². The molecule has 11 heteroatoms. The van der Waals surface area contributed by atoms with Gasteiger partial charge in [-0.05, 0) is 75.2 Å². The van der Waals surface area contributed by atoms with Crippen molar-refractivity contribution < 1.29 is 28.5 Å². The van der Waals surface area contributed by atoms with Crippen LogP contribution < -0.4 is 33.8 Å². The number of hydrogen-bond acceptors (Lipinski definition) is 9. The van der Waals surface area contributed by atoms with Gasteiger partial charge in [0.15, 0.2) is 27.8 Å². The van der Waals surface area contributed by atoms with E-state index in [4.69, 9.17) is 35.3 Å². The number of methoxy groups -OCH3 is 2. The third-order valence-corrected chi connectivity index (χ3v) is 8.39. The van der Waals surface area contributed by atoms with Gasteiger partial charge in [-0.25, -0.2) is 9.79 Å². The lowest BCUT2D eigenvalue weighted by Crippen LogP contribution is -2.40. The van der Waals surface area contributed by atoms with Gasteiger partial charge in [-0.15, -0.1) is 0 Å². The summed E-state index contributed by atoms with van der Waals surface area (Å²) in [6, 6.07) is 17.4. The van der Waals surface area contributed by atoms with E-state index in [9.17, 15) is 9.59 Å². The molecule has 0 spiro atoms. The van der Waals surface area contributed by atoms with Crippen LogP contribution in [0.5, 0.6) is 23.0 Å². The molecular weight excluding hydrogens is 628 g/mol. The van der Waals surface area contributed by atoms with E-state index in [1.54, 1.807) is 58.4 Å². The molecule has 0 saturated heterocycles. The summed E-state index contributed by atoms with van der Waals surface area (Å²) in [6.07, 6.45) is 1.67. The monoisotopic (exact) mass is 662 g/mol. The fourth-order valence-electron chi connectivity index (χ4n) is 5.20. The molecule has 0 aliphatic carbocycles. The van der Waals surface area contributed by atoms with E-state index >= 15 is 0 Å². The first-order valence-corrected chi connectivity index (χ1v) is 15.9. The van der Waals surface area contributed by atoms with Gasteiger partial charge in [-0.2, -0.15) is 0 Å². The Labute approximate surface area is 275 Å². The summed E-state index contributed by atoms with van der Waals surface area (Å²) in [5, 5.41) is 0.606. The molecule has 0 amide bonds. The first-order chi connectivity index (χ1) is 22.1. The van der Waals surface area contributed by atoms with Crippen molar-refractivity contribution in [2.75, 3.05) is 20.8 Å². The summed E-state index contributed by atoms with van der Waals surface area (Å²) in [5.74, 6) is 1.47. The minimum absolute atomic E-state index is 0.0781. The molecule has 2 heterocycles. The van der Waals surface area contributed by atoms with Crippen molar-refractivity contribution in [1.29, 1.82) is 0 Å². The molecule has 0 radical (unpaired) electrons. The normalized spacial score (nSPS) is 14.5. The predicted molar refractivity (Wildman–Crippen MR) is 178 cm³/mol. The van der Waals surface area contributed by atoms with Gasteiger partial charge in [0.2, 0.25) is 0 Å². The SMILES string of the molecule is CCOC(=O)C1=C(C)N=c2s/c(=C/c3cccc(OC)c3OCc3cccc(Cl)c3)c(=O)n2[C@H]1c1ccc(OC(C)C)c(OC)c1. The maximum atomic E-state index is 14.2. The molecule has 0 bridgehead atoms. The second-order valence-electron chi connectivity index (χ2n) is 10.7. The molecular formula is C35H35ClN2O7S. The van der Waals surface area contributed by atoms with E-state index in [0.717, 1.165) is 5.56 Å². The van der Waals surface area contributed by atoms with Gasteiger partial charge < -0.3 is 23.7 Å². The zero-order chi connectivity index (χ0) is 33.0. The number of aromatic nitrogens is 1. The van der Waals surface area contributed by atoms with Crippen molar-refractivity contribution >= 4 is 35.0 Å². The Morgan fingerprint density at radius 2 is 1.80 bits per heavy atom. The number of fused-ring (bicyclic) bond motifs is 1. The van der Waals surface area contributed by atoms with Crippen LogP contribution in [-0.2, 0) is 16.1 Å². The van der Waals surface area contributed by atoms with E-state index in [-0.39, 0.29) is 30.5 Å². The van der Waals surface area contributed by atoms with Crippen LogP contribution in [0.4, 0.5) is 0 Å². The third-order valence-electron chi connectivity index (χ3n) is 7.17. The highest BCUT2D eigenvalue weighted by molar-refractivity contribution is 7.07. The quantitative estimate of drug-likeness (QED) is 0.186. The highest BCUT2D eigenvalue weighted by Crippen LogP contribution is 2.37. The van der Waals surface area contributed by atoms with Gasteiger partial charge in [0.1, 0.15) is 6.61 Å². The number of esters is 1. The molecule has 3 aromatic carbocycles. The Morgan fingerprint density at radius 3 is 2.50 bits per heavy atom. The lowest BCUT2D eigenvalue weighted by atomic mass is 9.95. The Balaban J connectivity index is 1.65. The van der Waals surface area contributed by atoms with Crippen molar-refractivity contribution in [3.63, 3.8) is 0 Å². The van der Waals surface area contributed by atoms with E-state index in [2.05, 4.69) is 4.99 Å². The van der Waals surface area contributed by atoms with Crippen LogP contribution in [0.15, 0.2) is 81.7 Å². The van der Waals surface area contributed by atoms with Crippen LogP contribution in [-0.4, -0.2) is 37.5 Å². The van der Waals surface area contributed by atoms with Gasteiger partial charge in [-0.1, -0.05) is 53.3 Å². The molecule has 46 heavy (non-hydrogen) atoms. The molecule has 1 aromatic heterocycles. The van der Waals surface area contributed by atoms with Gasteiger partial charge in [0.25, 0.3) is 5.56 Å². The van der Waals surface area contributed by atoms with Crippen LogP contribution >= 0.6 is 22.9 Å². The van der Waals surface area contributed by atoms with Crippen molar-refractivity contribution in [2.24, 2.45) is 4.99 Å². The van der Waals surface area contributed by atoms with Crippen LogP contribution in [0.1, 0.15) is 50.4 Å². The summed E-state index contributed by atoms with van der Waals surface area (Å²) in [5.41, 5.74) is 2.57. The maximum absolute atomic E-state index is 14.2. The number of benzene rings is 3. The lowest BCUT2D eigenvalue weighted by molar-refractivity contribution is -0.139. The molecule has 4 aromatic rings. The average Bonchev–Trinajstić information content (AvgIpc) is 3.33. The molecule has 9 nitrogen and oxygen atoms in total. The van der Waals surface area contributed by atoms with Crippen molar-refractivity contribution in [3.8, 4) is 23.0 Å². The highest BCUT2D eigenvalue weighted by Gasteiger charge is 2.34. The number of carbonyl (C=O) groups is 1. The fraction of sp³-hybridized carbons (Fsp3) is 0.286. The van der Waals surface area contributed by atoms with Crippen LogP contribution in [0, 0.1) is 0 Å². The molecule has 0 N–H and O–H groups in total. The Morgan fingerprint density at radius 1 is 1.04 bits per heavy atom. The van der Waals surface area contributed by atoms with Crippen molar-refractivity contribution in [2.45, 2.75) is 46.4 Å². The lowest BCUT2D eigenvalue weighted by Gasteiger charge is -2.25. The predicted octanol–water partition coefficient (Wildman–Crippen LogP) is 5.84. The summed E-state index contributed by atoms with van der Waals surface area (Å²) in [6.45, 7) is 7.74. The fourth-order valence-corrected chi connectivity index (χ4v) is 6.45. The molecule has 240 valence electrons. The highest BCUT2D eigenvalue weighted by atomic mass is 35.5. The number of allylic oxidation sites excluding steroid dienone is 1.